The van der Waals surface area contributed by atoms with Crippen LogP contribution in [0.25, 0.3) is 0 Å². The minimum absolute atomic E-state index is 0.740. The number of hydrogen-bond donors (Lipinski definition) is 0. The van der Waals surface area contributed by atoms with Gasteiger partial charge in [-0.1, -0.05) is 15.5 Å². The van der Waals surface area contributed by atoms with Gasteiger partial charge in [-0.15, -0.1) is 5.47 Å². The van der Waals surface area contributed by atoms with Crippen molar-refractivity contribution in [2.75, 3.05) is 0 Å². The van der Waals surface area contributed by atoms with E-state index in [4.69, 9.17) is 0 Å². The van der Waals surface area contributed by atoms with Gasteiger partial charge in [-0.2, -0.15) is 0 Å². The first kappa shape index (κ1) is 6.88. The second kappa shape index (κ2) is 2.35. The van der Waals surface area contributed by atoms with Crippen LogP contribution in [0.2, 0.25) is 0 Å². The molecule has 0 amide bonds. The van der Waals surface area contributed by atoms with Crippen LogP contribution in [-0.2, 0) is 0 Å². The van der Waals surface area contributed by atoms with Gasteiger partial charge in [0.1, 0.15) is 7.85 Å². The van der Waals surface area contributed by atoms with Crippen molar-refractivity contribution in [1.82, 2.24) is 4.67 Å². The van der Waals surface area contributed by atoms with Gasteiger partial charge in [-0.25, -0.2) is 0 Å². The minimum Gasteiger partial charge on any atom is -0.277 e. The molecule has 2 aliphatic rings. The van der Waals surface area contributed by atoms with Crippen LogP contribution in [0.15, 0.2) is 11.5 Å². The summed E-state index contributed by atoms with van der Waals surface area (Å²) in [7, 11) is 5.10. The molecule has 2 heterocycles. The van der Waals surface area contributed by atoms with Crippen LogP contribution in [0.5, 0.6) is 0 Å². The van der Waals surface area contributed by atoms with E-state index in [0.717, 1.165) is 12.1 Å². The van der Waals surface area contributed by atoms with E-state index in [0.29, 0.717) is 0 Å². The molecule has 0 saturated carbocycles. The smallest absolute Gasteiger partial charge is 0.133 e. The fraction of sp³-hybridized carbons (Fsp3) is 0.714. The maximum atomic E-state index is 2.85. The molecule has 0 spiro atoms. The predicted octanol–water partition coefficient (Wildman–Crippen LogP) is 0.530. The van der Waals surface area contributed by atoms with Crippen LogP contribution >= 0.6 is 9.39 Å². The van der Waals surface area contributed by atoms with Crippen molar-refractivity contribution in [2.24, 2.45) is 0 Å². The first-order valence-corrected chi connectivity index (χ1v) is 4.49. The Morgan fingerprint density at radius 1 is 1.60 bits per heavy atom. The Morgan fingerprint density at radius 2 is 2.40 bits per heavy atom. The van der Waals surface area contributed by atoms with E-state index in [2.05, 4.69) is 28.0 Å². The Hall–Kier alpha value is 0.195. The molecule has 0 radical (unpaired) electrons. The molecular weight excluding hydrogens is 140 g/mol. The van der Waals surface area contributed by atoms with E-state index in [-0.39, 0.29) is 0 Å². The van der Waals surface area contributed by atoms with Crippen molar-refractivity contribution in [3.05, 3.63) is 11.5 Å². The molecular formula is C7H13BNP. The molecule has 2 rings (SSSR count). The van der Waals surface area contributed by atoms with E-state index in [1.165, 1.54) is 19.3 Å². The molecule has 3 atom stereocenters. The van der Waals surface area contributed by atoms with E-state index < -0.39 is 0 Å². The molecule has 1 nitrogen and oxygen atoms in total. The summed E-state index contributed by atoms with van der Waals surface area (Å²) < 4.78 is 2.44. The monoisotopic (exact) mass is 153 g/mol. The molecule has 1 fully saturated rings. The van der Waals surface area contributed by atoms with Crippen LogP contribution in [0.1, 0.15) is 19.3 Å². The molecule has 3 heteroatoms. The van der Waals surface area contributed by atoms with Gasteiger partial charge < -0.3 is 0 Å². The second-order valence-corrected chi connectivity index (χ2v) is 4.06. The first-order valence-electron chi connectivity index (χ1n) is 3.97. The molecule has 0 aromatic heterocycles. The highest BCUT2D eigenvalue weighted by Crippen LogP contribution is 2.35. The van der Waals surface area contributed by atoms with Crippen LogP contribution in [0.4, 0.5) is 0 Å². The molecule has 1 saturated heterocycles. The Morgan fingerprint density at radius 3 is 3.10 bits per heavy atom. The summed E-state index contributed by atoms with van der Waals surface area (Å²) in [6.45, 7) is 0. The summed E-state index contributed by atoms with van der Waals surface area (Å²) in [5, 5.41) is 0. The SMILES string of the molecule is BC1=CC2CCC(C1)N2P. The number of fused-ring (bicyclic) bond motifs is 2. The summed E-state index contributed by atoms with van der Waals surface area (Å²) >= 11 is 0. The van der Waals surface area contributed by atoms with Crippen molar-refractivity contribution in [3.8, 4) is 0 Å². The van der Waals surface area contributed by atoms with Crippen molar-refractivity contribution in [2.45, 2.75) is 31.3 Å². The van der Waals surface area contributed by atoms with Crippen molar-refractivity contribution in [1.29, 1.82) is 0 Å². The molecule has 0 aromatic rings. The highest BCUT2D eigenvalue weighted by atomic mass is 31.0. The fourth-order valence-electron chi connectivity index (χ4n) is 2.08. The highest BCUT2D eigenvalue weighted by Gasteiger charge is 2.32. The zero-order valence-corrected chi connectivity index (χ0v) is 7.53. The number of hydrogen-bond acceptors (Lipinski definition) is 1. The maximum absolute atomic E-state index is 2.85. The van der Waals surface area contributed by atoms with Gasteiger partial charge in [0, 0.05) is 12.1 Å². The third-order valence-corrected chi connectivity index (χ3v) is 3.44. The summed E-state index contributed by atoms with van der Waals surface area (Å²) in [5.41, 5.74) is 1.59. The molecule has 54 valence electrons. The topological polar surface area (TPSA) is 3.24 Å². The third-order valence-electron chi connectivity index (χ3n) is 2.63. The average molecular weight is 153 g/mol. The summed E-state index contributed by atoms with van der Waals surface area (Å²) in [5.74, 6) is 0. The lowest BCUT2D eigenvalue weighted by Crippen LogP contribution is -2.29. The first-order chi connectivity index (χ1) is 4.77. The lowest BCUT2D eigenvalue weighted by Gasteiger charge is -2.28. The summed E-state index contributed by atoms with van der Waals surface area (Å²) in [6, 6.07) is 1.57. The van der Waals surface area contributed by atoms with E-state index in [1.807, 2.05) is 0 Å². The highest BCUT2D eigenvalue weighted by molar-refractivity contribution is 7.13. The predicted molar refractivity (Wildman–Crippen MR) is 49.6 cm³/mol. The standard InChI is InChI=1S/C7H13BNP/c8-5-3-6-1-2-7(4-5)9(6)10/h3,6-7H,1-2,4,8,10H2. The van der Waals surface area contributed by atoms with Gasteiger partial charge in [0.05, 0.1) is 0 Å². The van der Waals surface area contributed by atoms with Crippen LogP contribution in [-0.4, -0.2) is 24.6 Å². The molecule has 0 aliphatic carbocycles. The molecule has 10 heavy (non-hydrogen) atoms. The van der Waals surface area contributed by atoms with Crippen LogP contribution < -0.4 is 0 Å². The Kier molecular flexibility index (Phi) is 1.62. The van der Waals surface area contributed by atoms with Gasteiger partial charge in [0.2, 0.25) is 0 Å². The van der Waals surface area contributed by atoms with Crippen molar-refractivity contribution >= 4 is 17.2 Å². The Labute approximate surface area is 65.5 Å². The van der Waals surface area contributed by atoms with Gasteiger partial charge >= 0.3 is 0 Å². The summed E-state index contributed by atoms with van der Waals surface area (Å²) in [4.78, 5) is 0. The van der Waals surface area contributed by atoms with Crippen molar-refractivity contribution in [3.63, 3.8) is 0 Å². The van der Waals surface area contributed by atoms with Crippen LogP contribution in [0.3, 0.4) is 0 Å². The maximum Gasteiger partial charge on any atom is 0.133 e. The second-order valence-electron chi connectivity index (χ2n) is 3.46. The molecule has 2 aliphatic heterocycles. The fourth-order valence-corrected chi connectivity index (χ4v) is 2.57. The van der Waals surface area contributed by atoms with Gasteiger partial charge in [0.15, 0.2) is 0 Å². The molecule has 3 unspecified atom stereocenters. The Balaban J connectivity index is 2.24. The number of nitrogens with zero attached hydrogens (tertiary/aromatic N) is 1. The van der Waals surface area contributed by atoms with Crippen molar-refractivity contribution < 1.29 is 0 Å². The lowest BCUT2D eigenvalue weighted by molar-refractivity contribution is 0.376. The van der Waals surface area contributed by atoms with Crippen LogP contribution in [0, 0.1) is 0 Å². The molecule has 0 aromatic carbocycles. The molecule has 2 bridgehead atoms. The van der Waals surface area contributed by atoms with E-state index in [9.17, 15) is 0 Å². The van der Waals surface area contributed by atoms with Gasteiger partial charge in [-0.05, 0) is 19.3 Å². The van der Waals surface area contributed by atoms with Gasteiger partial charge in [0.25, 0.3) is 0 Å². The number of rotatable bonds is 0. The largest absolute Gasteiger partial charge is 0.277 e. The molecule has 0 N–H and O–H groups in total. The van der Waals surface area contributed by atoms with E-state index in [1.54, 1.807) is 5.47 Å². The Bertz CT molecular complexity index is 180. The third kappa shape index (κ3) is 0.944. The lowest BCUT2D eigenvalue weighted by atomic mass is 9.87. The normalized spacial score (nSPS) is 39.9. The summed E-state index contributed by atoms with van der Waals surface area (Å²) in [6.07, 6.45) is 6.46. The average Bonchev–Trinajstić information content (AvgIpc) is 2.20. The zero-order valence-electron chi connectivity index (χ0n) is 6.38. The van der Waals surface area contributed by atoms with Gasteiger partial charge in [-0.3, -0.25) is 4.67 Å². The van der Waals surface area contributed by atoms with E-state index >= 15 is 0 Å². The zero-order chi connectivity index (χ0) is 7.14. The minimum atomic E-state index is 0.740. The quantitative estimate of drug-likeness (QED) is 0.362.